The molecule has 0 saturated heterocycles. The van der Waals surface area contributed by atoms with E-state index in [1.165, 1.54) is 5.56 Å². The van der Waals surface area contributed by atoms with Gasteiger partial charge in [-0.3, -0.25) is 9.59 Å². The summed E-state index contributed by atoms with van der Waals surface area (Å²) in [4.78, 5) is 24.9. The Morgan fingerprint density at radius 2 is 1.67 bits per heavy atom. The molecule has 7 heteroatoms. The van der Waals surface area contributed by atoms with Gasteiger partial charge in [0.2, 0.25) is 5.91 Å². The first-order valence-corrected chi connectivity index (χ1v) is 11.3. The second-order valence-corrected chi connectivity index (χ2v) is 8.75. The van der Waals surface area contributed by atoms with Crippen molar-refractivity contribution in [2.24, 2.45) is 5.92 Å². The molecule has 0 fully saturated rings. The first-order chi connectivity index (χ1) is 15.8. The lowest BCUT2D eigenvalue weighted by molar-refractivity contribution is -0.120. The molecule has 3 rings (SSSR count). The molecule has 2 aromatic carbocycles. The number of hydrogen-bond donors (Lipinski definition) is 3. The SMILES string of the molecule is CC(C)Cc1ccc(C(C)C(=O)NC(=S)Nc2ccc(C(=O)NCc3ccco3)cc2)cc1. The molecule has 0 aliphatic heterocycles. The van der Waals surface area contributed by atoms with Gasteiger partial charge < -0.3 is 20.4 Å². The largest absolute Gasteiger partial charge is 0.467 e. The number of amides is 2. The maximum absolute atomic E-state index is 12.6. The van der Waals surface area contributed by atoms with Gasteiger partial charge >= 0.3 is 0 Å². The van der Waals surface area contributed by atoms with Gasteiger partial charge in [-0.05, 0) is 79.0 Å². The molecule has 0 bridgehead atoms. The van der Waals surface area contributed by atoms with E-state index in [0.29, 0.717) is 29.5 Å². The topological polar surface area (TPSA) is 83.4 Å². The van der Waals surface area contributed by atoms with Crippen molar-refractivity contribution in [1.29, 1.82) is 0 Å². The number of nitrogens with one attached hydrogen (secondary N) is 3. The van der Waals surface area contributed by atoms with Gasteiger partial charge in [-0.15, -0.1) is 0 Å². The molecule has 0 aliphatic rings. The summed E-state index contributed by atoms with van der Waals surface area (Å²) in [6, 6.07) is 18.5. The maximum atomic E-state index is 12.6. The highest BCUT2D eigenvalue weighted by molar-refractivity contribution is 7.80. The quantitative estimate of drug-likeness (QED) is 0.408. The fourth-order valence-corrected chi connectivity index (χ4v) is 3.55. The van der Waals surface area contributed by atoms with Crippen molar-refractivity contribution in [3.63, 3.8) is 0 Å². The third-order valence-electron chi connectivity index (χ3n) is 5.16. The van der Waals surface area contributed by atoms with Crippen molar-refractivity contribution >= 4 is 34.8 Å². The average molecular weight is 464 g/mol. The highest BCUT2D eigenvalue weighted by Gasteiger charge is 2.16. The second kappa shape index (κ2) is 11.4. The molecule has 2 amide bonds. The van der Waals surface area contributed by atoms with Crippen LogP contribution < -0.4 is 16.0 Å². The average Bonchev–Trinajstić information content (AvgIpc) is 3.31. The maximum Gasteiger partial charge on any atom is 0.251 e. The van der Waals surface area contributed by atoms with Crippen LogP contribution in [0.1, 0.15) is 53.9 Å². The van der Waals surface area contributed by atoms with Crippen LogP contribution >= 0.6 is 12.2 Å². The highest BCUT2D eigenvalue weighted by atomic mass is 32.1. The Morgan fingerprint density at radius 1 is 0.970 bits per heavy atom. The van der Waals surface area contributed by atoms with Gasteiger partial charge in [-0.25, -0.2) is 0 Å². The van der Waals surface area contributed by atoms with Gasteiger partial charge in [0, 0.05) is 11.3 Å². The molecule has 0 saturated carbocycles. The Morgan fingerprint density at radius 3 is 2.27 bits per heavy atom. The van der Waals surface area contributed by atoms with Gasteiger partial charge in [0.15, 0.2) is 5.11 Å². The number of thiocarbonyl (C=S) groups is 1. The van der Waals surface area contributed by atoms with E-state index in [9.17, 15) is 9.59 Å². The fraction of sp³-hybridized carbons (Fsp3) is 0.269. The minimum atomic E-state index is -0.335. The number of carbonyl (C=O) groups is 2. The van der Waals surface area contributed by atoms with E-state index in [0.717, 1.165) is 12.0 Å². The van der Waals surface area contributed by atoms with E-state index in [1.807, 2.05) is 19.1 Å². The van der Waals surface area contributed by atoms with Crippen LogP contribution in [0.3, 0.4) is 0 Å². The third kappa shape index (κ3) is 7.29. The Balaban J connectivity index is 1.49. The van der Waals surface area contributed by atoms with Gasteiger partial charge in [0.25, 0.3) is 5.91 Å². The van der Waals surface area contributed by atoms with Gasteiger partial charge in [-0.1, -0.05) is 38.1 Å². The zero-order chi connectivity index (χ0) is 23.8. The summed E-state index contributed by atoms with van der Waals surface area (Å²) in [5.41, 5.74) is 3.38. The number of benzene rings is 2. The molecule has 0 aliphatic carbocycles. The van der Waals surface area contributed by atoms with Crippen LogP contribution in [-0.4, -0.2) is 16.9 Å². The Kier molecular flexibility index (Phi) is 8.38. The number of carbonyl (C=O) groups excluding carboxylic acids is 2. The van der Waals surface area contributed by atoms with E-state index >= 15 is 0 Å². The second-order valence-electron chi connectivity index (χ2n) is 8.34. The van der Waals surface area contributed by atoms with E-state index in [2.05, 4.69) is 41.9 Å². The van der Waals surface area contributed by atoms with Crippen LogP contribution in [-0.2, 0) is 17.8 Å². The van der Waals surface area contributed by atoms with E-state index < -0.39 is 0 Å². The summed E-state index contributed by atoms with van der Waals surface area (Å²) in [5.74, 6) is 0.548. The number of furan rings is 1. The first-order valence-electron chi connectivity index (χ1n) is 10.9. The molecule has 0 spiro atoms. The number of rotatable bonds is 8. The van der Waals surface area contributed by atoms with E-state index in [4.69, 9.17) is 16.6 Å². The van der Waals surface area contributed by atoms with E-state index in [1.54, 1.807) is 42.7 Å². The molecule has 172 valence electrons. The highest BCUT2D eigenvalue weighted by Crippen LogP contribution is 2.18. The molecule has 1 heterocycles. The molecular formula is C26H29N3O3S. The Labute approximate surface area is 199 Å². The Bertz CT molecular complexity index is 1070. The first kappa shape index (κ1) is 24.2. The van der Waals surface area contributed by atoms with Crippen molar-refractivity contribution in [2.45, 2.75) is 39.7 Å². The standard InChI is InChI=1S/C26H29N3O3S/c1-17(2)15-19-6-8-20(9-7-19)18(3)24(30)29-26(33)28-22-12-10-21(11-13-22)25(31)27-16-23-5-4-14-32-23/h4-14,17-18H,15-16H2,1-3H3,(H,27,31)(H2,28,29,30,33). The van der Waals surface area contributed by atoms with Gasteiger partial charge in [0.1, 0.15) is 5.76 Å². The molecule has 6 nitrogen and oxygen atoms in total. The summed E-state index contributed by atoms with van der Waals surface area (Å²) in [5, 5.41) is 8.72. The minimum absolute atomic E-state index is 0.182. The lowest BCUT2D eigenvalue weighted by Crippen LogP contribution is -2.36. The summed E-state index contributed by atoms with van der Waals surface area (Å²) < 4.78 is 5.20. The lowest BCUT2D eigenvalue weighted by atomic mass is 9.96. The van der Waals surface area contributed by atoms with E-state index in [-0.39, 0.29) is 22.8 Å². The third-order valence-corrected chi connectivity index (χ3v) is 5.37. The van der Waals surface area contributed by atoms with Crippen molar-refractivity contribution in [2.75, 3.05) is 5.32 Å². The molecule has 1 aromatic heterocycles. The van der Waals surface area contributed by atoms with Crippen LogP contribution in [0.15, 0.2) is 71.3 Å². The zero-order valence-electron chi connectivity index (χ0n) is 19.1. The summed E-state index contributed by atoms with van der Waals surface area (Å²) in [6.07, 6.45) is 2.58. The lowest BCUT2D eigenvalue weighted by Gasteiger charge is -2.15. The van der Waals surface area contributed by atoms with Crippen LogP contribution in [0.25, 0.3) is 0 Å². The zero-order valence-corrected chi connectivity index (χ0v) is 19.9. The van der Waals surface area contributed by atoms with Gasteiger partial charge in [-0.2, -0.15) is 0 Å². The summed E-state index contributed by atoms with van der Waals surface area (Å²) in [6.45, 7) is 6.54. The van der Waals surface area contributed by atoms with Crippen molar-refractivity contribution in [1.82, 2.24) is 10.6 Å². The minimum Gasteiger partial charge on any atom is -0.467 e. The monoisotopic (exact) mass is 463 g/mol. The van der Waals surface area contributed by atoms with Crippen LogP contribution in [0.4, 0.5) is 5.69 Å². The summed E-state index contributed by atoms with van der Waals surface area (Å²) in [7, 11) is 0. The number of anilines is 1. The van der Waals surface area contributed by atoms with Crippen LogP contribution in [0, 0.1) is 5.92 Å². The smallest absolute Gasteiger partial charge is 0.251 e. The fourth-order valence-electron chi connectivity index (χ4n) is 3.34. The Hall–Kier alpha value is -3.45. The molecule has 0 radical (unpaired) electrons. The van der Waals surface area contributed by atoms with Gasteiger partial charge in [0.05, 0.1) is 18.7 Å². The molecular weight excluding hydrogens is 434 g/mol. The predicted octanol–water partition coefficient (Wildman–Crippen LogP) is 5.02. The van der Waals surface area contributed by atoms with Crippen molar-refractivity contribution in [3.8, 4) is 0 Å². The normalized spacial score (nSPS) is 11.6. The van der Waals surface area contributed by atoms with Crippen LogP contribution in [0.5, 0.6) is 0 Å². The number of hydrogen-bond acceptors (Lipinski definition) is 4. The van der Waals surface area contributed by atoms with Crippen molar-refractivity contribution in [3.05, 3.63) is 89.4 Å². The molecule has 3 aromatic rings. The molecule has 3 N–H and O–H groups in total. The van der Waals surface area contributed by atoms with Crippen molar-refractivity contribution < 1.29 is 14.0 Å². The summed E-state index contributed by atoms with van der Waals surface area (Å²) >= 11 is 5.29. The molecule has 1 unspecified atom stereocenters. The predicted molar refractivity (Wildman–Crippen MR) is 134 cm³/mol. The molecule has 1 atom stereocenters. The van der Waals surface area contributed by atoms with Crippen LogP contribution in [0.2, 0.25) is 0 Å². The molecule has 33 heavy (non-hydrogen) atoms.